The molecule has 94 valence electrons. The van der Waals surface area contributed by atoms with Gasteiger partial charge in [0.05, 0.1) is 12.2 Å². The zero-order valence-electron chi connectivity index (χ0n) is 11.1. The van der Waals surface area contributed by atoms with Crippen LogP contribution in [0.2, 0.25) is 0 Å². The average molecular weight is 233 g/mol. The molecule has 1 aromatic rings. The van der Waals surface area contributed by atoms with Gasteiger partial charge in [-0.3, -0.25) is 0 Å². The highest BCUT2D eigenvalue weighted by Crippen LogP contribution is 2.34. The van der Waals surface area contributed by atoms with Crippen molar-refractivity contribution in [3.8, 4) is 0 Å². The molecule has 2 rings (SSSR count). The van der Waals surface area contributed by atoms with Gasteiger partial charge < -0.3 is 10.5 Å². The largest absolute Gasteiger partial charge is 0.369 e. The summed E-state index contributed by atoms with van der Waals surface area (Å²) in [5, 5.41) is 0. The Balaban J connectivity index is 2.17. The van der Waals surface area contributed by atoms with Gasteiger partial charge >= 0.3 is 0 Å². The van der Waals surface area contributed by atoms with Gasteiger partial charge in [0.2, 0.25) is 0 Å². The molecule has 2 N–H and O–H groups in total. The van der Waals surface area contributed by atoms with Crippen LogP contribution in [0.3, 0.4) is 0 Å². The molecule has 2 nitrogen and oxygen atoms in total. The fourth-order valence-electron chi connectivity index (χ4n) is 2.33. The summed E-state index contributed by atoms with van der Waals surface area (Å²) in [6.45, 7) is 7.36. The van der Waals surface area contributed by atoms with Gasteiger partial charge in [-0.25, -0.2) is 0 Å². The Labute approximate surface area is 104 Å². The molecule has 1 aliphatic heterocycles. The predicted octanol–water partition coefficient (Wildman–Crippen LogP) is 3.16. The molecule has 0 unspecified atom stereocenters. The molecule has 0 aliphatic carbocycles. The van der Waals surface area contributed by atoms with E-state index in [4.69, 9.17) is 10.5 Å². The van der Waals surface area contributed by atoms with Crippen molar-refractivity contribution in [3.63, 3.8) is 0 Å². The lowest BCUT2D eigenvalue weighted by atomic mass is 9.85. The molecule has 1 saturated heterocycles. The van der Waals surface area contributed by atoms with Crippen LogP contribution in [0.15, 0.2) is 24.3 Å². The first-order valence-electron chi connectivity index (χ1n) is 6.46. The van der Waals surface area contributed by atoms with Crippen molar-refractivity contribution >= 4 is 0 Å². The maximum atomic E-state index is 5.94. The number of benzene rings is 1. The van der Waals surface area contributed by atoms with Crippen molar-refractivity contribution in [2.24, 2.45) is 5.73 Å². The Morgan fingerprint density at radius 1 is 1.29 bits per heavy atom. The van der Waals surface area contributed by atoms with Crippen molar-refractivity contribution < 1.29 is 4.74 Å². The van der Waals surface area contributed by atoms with Crippen molar-refractivity contribution in [1.82, 2.24) is 0 Å². The van der Waals surface area contributed by atoms with Gasteiger partial charge in [-0.05, 0) is 29.4 Å². The van der Waals surface area contributed by atoms with E-state index in [1.807, 2.05) is 0 Å². The summed E-state index contributed by atoms with van der Waals surface area (Å²) in [5.74, 6) is 0. The van der Waals surface area contributed by atoms with Crippen LogP contribution in [0.1, 0.15) is 50.8 Å². The molecule has 1 aliphatic rings. The lowest BCUT2D eigenvalue weighted by molar-refractivity contribution is 0.0498. The molecule has 0 radical (unpaired) electrons. The van der Waals surface area contributed by atoms with Crippen LogP contribution in [-0.4, -0.2) is 12.6 Å². The van der Waals surface area contributed by atoms with E-state index in [1.54, 1.807) is 0 Å². The first-order valence-corrected chi connectivity index (χ1v) is 6.46. The van der Waals surface area contributed by atoms with E-state index in [2.05, 4.69) is 45.0 Å². The van der Waals surface area contributed by atoms with Gasteiger partial charge in [0, 0.05) is 6.54 Å². The van der Waals surface area contributed by atoms with Gasteiger partial charge in [-0.2, -0.15) is 0 Å². The van der Waals surface area contributed by atoms with Crippen LogP contribution in [0.4, 0.5) is 0 Å². The van der Waals surface area contributed by atoms with Crippen LogP contribution >= 0.6 is 0 Å². The summed E-state index contributed by atoms with van der Waals surface area (Å²) in [6, 6.07) is 8.77. The summed E-state index contributed by atoms with van der Waals surface area (Å²) >= 11 is 0. The molecule has 0 bridgehead atoms. The Morgan fingerprint density at radius 3 is 2.65 bits per heavy atom. The molecule has 2 heteroatoms. The van der Waals surface area contributed by atoms with E-state index in [0.29, 0.717) is 6.54 Å². The Kier molecular flexibility index (Phi) is 3.55. The third-order valence-corrected chi connectivity index (χ3v) is 3.49. The first-order chi connectivity index (χ1) is 8.00. The third-order valence-electron chi connectivity index (χ3n) is 3.49. The quantitative estimate of drug-likeness (QED) is 0.851. The minimum Gasteiger partial charge on any atom is -0.369 e. The van der Waals surface area contributed by atoms with E-state index < -0.39 is 0 Å². The fourth-order valence-corrected chi connectivity index (χ4v) is 2.33. The van der Waals surface area contributed by atoms with E-state index in [-0.39, 0.29) is 17.6 Å². The molecule has 0 spiro atoms. The lowest BCUT2D eigenvalue weighted by Crippen LogP contribution is -2.19. The van der Waals surface area contributed by atoms with Crippen LogP contribution in [0.5, 0.6) is 0 Å². The molecule has 1 fully saturated rings. The smallest absolute Gasteiger partial charge is 0.0830 e. The average Bonchev–Trinajstić information content (AvgIpc) is 2.76. The molecule has 0 aromatic heterocycles. The topological polar surface area (TPSA) is 35.2 Å². The number of ether oxygens (including phenoxy) is 1. The zero-order valence-corrected chi connectivity index (χ0v) is 11.1. The molecule has 2 atom stereocenters. The number of hydrogen-bond donors (Lipinski definition) is 1. The van der Waals surface area contributed by atoms with Crippen LogP contribution < -0.4 is 5.73 Å². The van der Waals surface area contributed by atoms with Gasteiger partial charge in [0.25, 0.3) is 0 Å². The molecule has 0 amide bonds. The molecule has 17 heavy (non-hydrogen) atoms. The third kappa shape index (κ3) is 2.88. The van der Waals surface area contributed by atoms with E-state index >= 15 is 0 Å². The standard InChI is InChI=1S/C15H23NO/c1-15(2,3)12-6-4-5-11(9-12)14-8-7-13(10-16)17-14/h4-6,9,13-14H,7-8,10,16H2,1-3H3/t13-,14+/m1/s1. The second-order valence-corrected chi connectivity index (χ2v) is 5.94. The molecular weight excluding hydrogens is 210 g/mol. The Hall–Kier alpha value is -0.860. The van der Waals surface area contributed by atoms with Crippen LogP contribution in [0, 0.1) is 0 Å². The van der Waals surface area contributed by atoms with Crippen LogP contribution in [0.25, 0.3) is 0 Å². The van der Waals surface area contributed by atoms with E-state index in [1.165, 1.54) is 11.1 Å². The molecule has 1 heterocycles. The van der Waals surface area contributed by atoms with Crippen molar-refractivity contribution in [3.05, 3.63) is 35.4 Å². The predicted molar refractivity (Wildman–Crippen MR) is 71.0 cm³/mol. The van der Waals surface area contributed by atoms with Gasteiger partial charge in [-0.1, -0.05) is 45.0 Å². The monoisotopic (exact) mass is 233 g/mol. The van der Waals surface area contributed by atoms with Gasteiger partial charge in [-0.15, -0.1) is 0 Å². The minimum atomic E-state index is 0.196. The van der Waals surface area contributed by atoms with Crippen molar-refractivity contribution in [2.75, 3.05) is 6.54 Å². The number of nitrogens with two attached hydrogens (primary N) is 1. The molecule has 1 aromatic carbocycles. The Bertz CT molecular complexity index is 381. The summed E-state index contributed by atoms with van der Waals surface area (Å²) in [6.07, 6.45) is 2.67. The molecule has 0 saturated carbocycles. The highest BCUT2D eigenvalue weighted by atomic mass is 16.5. The van der Waals surface area contributed by atoms with Crippen molar-refractivity contribution in [1.29, 1.82) is 0 Å². The normalized spacial score (nSPS) is 25.2. The van der Waals surface area contributed by atoms with E-state index in [9.17, 15) is 0 Å². The number of hydrogen-bond acceptors (Lipinski definition) is 2. The number of rotatable bonds is 2. The zero-order chi connectivity index (χ0) is 12.5. The van der Waals surface area contributed by atoms with Gasteiger partial charge in [0.1, 0.15) is 0 Å². The fraction of sp³-hybridized carbons (Fsp3) is 0.600. The van der Waals surface area contributed by atoms with Gasteiger partial charge in [0.15, 0.2) is 0 Å². The van der Waals surface area contributed by atoms with Crippen molar-refractivity contribution in [2.45, 2.75) is 51.2 Å². The first kappa shape index (κ1) is 12.6. The summed E-state index contributed by atoms with van der Waals surface area (Å²) < 4.78 is 5.94. The lowest BCUT2D eigenvalue weighted by Gasteiger charge is -2.21. The second-order valence-electron chi connectivity index (χ2n) is 5.94. The summed E-state index contributed by atoms with van der Waals surface area (Å²) in [5.41, 5.74) is 8.51. The SMILES string of the molecule is CC(C)(C)c1cccc([C@@H]2CC[C@H](CN)O2)c1. The molecular formula is C15H23NO. The summed E-state index contributed by atoms with van der Waals surface area (Å²) in [4.78, 5) is 0. The maximum Gasteiger partial charge on any atom is 0.0830 e. The second kappa shape index (κ2) is 4.79. The highest BCUT2D eigenvalue weighted by molar-refractivity contribution is 5.30. The Morgan fingerprint density at radius 2 is 2.06 bits per heavy atom. The maximum absolute atomic E-state index is 5.94. The highest BCUT2D eigenvalue weighted by Gasteiger charge is 2.26. The van der Waals surface area contributed by atoms with Crippen LogP contribution in [-0.2, 0) is 10.2 Å². The summed E-state index contributed by atoms with van der Waals surface area (Å²) in [7, 11) is 0. The van der Waals surface area contributed by atoms with E-state index in [0.717, 1.165) is 12.8 Å². The minimum absolute atomic E-state index is 0.196.